The van der Waals surface area contributed by atoms with Crippen molar-refractivity contribution < 1.29 is 14.6 Å². The second-order valence-electron chi connectivity index (χ2n) is 6.51. The first-order valence-electron chi connectivity index (χ1n) is 8.68. The van der Waals surface area contributed by atoms with Crippen LogP contribution >= 0.6 is 0 Å². The van der Waals surface area contributed by atoms with Crippen molar-refractivity contribution in [3.63, 3.8) is 0 Å². The summed E-state index contributed by atoms with van der Waals surface area (Å²) in [4.78, 5) is 12.3. The highest BCUT2D eigenvalue weighted by molar-refractivity contribution is 5.86. The molecular formula is C24H16O4. The van der Waals surface area contributed by atoms with E-state index in [-0.39, 0.29) is 27.9 Å². The molecule has 0 saturated heterocycles. The second-order valence-corrected chi connectivity index (χ2v) is 6.51. The monoisotopic (exact) mass is 368 g/mol. The third kappa shape index (κ3) is 3.46. The zero-order valence-corrected chi connectivity index (χ0v) is 15.1. The highest BCUT2D eigenvalue weighted by Gasteiger charge is 2.12. The summed E-state index contributed by atoms with van der Waals surface area (Å²) in [5, 5.41) is 19.5. The van der Waals surface area contributed by atoms with Crippen LogP contribution in [0.25, 0.3) is 22.3 Å². The van der Waals surface area contributed by atoms with Gasteiger partial charge >= 0.3 is 0 Å². The lowest BCUT2D eigenvalue weighted by molar-refractivity contribution is 0.452. The average molecular weight is 368 g/mol. The molecule has 4 heteroatoms. The van der Waals surface area contributed by atoms with Crippen LogP contribution in [0.3, 0.4) is 0 Å². The molecule has 0 spiro atoms. The van der Waals surface area contributed by atoms with Gasteiger partial charge in [0.25, 0.3) is 0 Å². The normalized spacial score (nSPS) is 10.5. The minimum Gasteiger partial charge on any atom is -0.508 e. The van der Waals surface area contributed by atoms with Gasteiger partial charge in [-0.15, -0.1) is 0 Å². The van der Waals surface area contributed by atoms with Gasteiger partial charge in [0.1, 0.15) is 28.2 Å². The van der Waals surface area contributed by atoms with E-state index in [1.54, 1.807) is 0 Å². The number of phenols is 2. The largest absolute Gasteiger partial charge is 0.508 e. The number of aromatic hydroxyl groups is 2. The van der Waals surface area contributed by atoms with Crippen LogP contribution in [0.4, 0.5) is 0 Å². The first-order valence-corrected chi connectivity index (χ1v) is 8.68. The van der Waals surface area contributed by atoms with Crippen molar-refractivity contribution in [1.82, 2.24) is 0 Å². The Balaban J connectivity index is 1.68. The lowest BCUT2D eigenvalue weighted by atomic mass is 10.1. The van der Waals surface area contributed by atoms with Gasteiger partial charge in [-0.05, 0) is 43.3 Å². The zero-order valence-electron chi connectivity index (χ0n) is 15.1. The zero-order chi connectivity index (χ0) is 19.7. The van der Waals surface area contributed by atoms with Gasteiger partial charge in [0.15, 0.2) is 5.43 Å². The summed E-state index contributed by atoms with van der Waals surface area (Å²) in [6.45, 7) is 2.03. The fraction of sp³-hybridized carbons (Fsp3) is 0.0417. The molecule has 0 radical (unpaired) electrons. The van der Waals surface area contributed by atoms with Gasteiger partial charge in [0.2, 0.25) is 0 Å². The van der Waals surface area contributed by atoms with Crippen LogP contribution in [-0.4, -0.2) is 10.2 Å². The number of rotatable bonds is 1. The predicted octanol–water partition coefficient (Wildman–Crippen LogP) is 4.58. The first kappa shape index (κ1) is 17.4. The molecule has 0 saturated carbocycles. The van der Waals surface area contributed by atoms with Crippen molar-refractivity contribution in [2.75, 3.05) is 0 Å². The summed E-state index contributed by atoms with van der Waals surface area (Å²) in [5.41, 5.74) is 3.41. The summed E-state index contributed by atoms with van der Waals surface area (Å²) in [6.07, 6.45) is 0. The van der Waals surface area contributed by atoms with Crippen molar-refractivity contribution in [3.8, 4) is 34.7 Å². The molecule has 3 aromatic carbocycles. The van der Waals surface area contributed by atoms with Crippen molar-refractivity contribution in [1.29, 1.82) is 0 Å². The van der Waals surface area contributed by atoms with Gasteiger partial charge in [-0.1, -0.05) is 29.5 Å². The van der Waals surface area contributed by atoms with Crippen LogP contribution in [0.2, 0.25) is 0 Å². The molecule has 0 aliphatic rings. The van der Waals surface area contributed by atoms with E-state index in [2.05, 4.69) is 11.8 Å². The fourth-order valence-corrected chi connectivity index (χ4v) is 2.90. The molecule has 28 heavy (non-hydrogen) atoms. The molecular weight excluding hydrogens is 352 g/mol. The average Bonchev–Trinajstić information content (AvgIpc) is 2.67. The number of benzene rings is 3. The van der Waals surface area contributed by atoms with E-state index < -0.39 is 0 Å². The number of fused-ring (bicyclic) bond motifs is 1. The number of hydrogen-bond acceptors (Lipinski definition) is 4. The maximum Gasteiger partial charge on any atom is 0.197 e. The number of phenolic OH excluding ortho intramolecular Hbond substituents is 2. The molecule has 4 nitrogen and oxygen atoms in total. The SMILES string of the molecule is Cc1ccc(C#Cc2ccc(-c3cc(=O)c4c(O)cc(O)cc4o3)cc2)cc1. The Bertz CT molecular complexity index is 1290. The smallest absolute Gasteiger partial charge is 0.197 e. The summed E-state index contributed by atoms with van der Waals surface area (Å²) in [5.74, 6) is 6.09. The Kier molecular flexibility index (Phi) is 4.35. The lowest BCUT2D eigenvalue weighted by Gasteiger charge is -2.05. The molecule has 0 aliphatic carbocycles. The molecule has 0 aliphatic heterocycles. The van der Waals surface area contributed by atoms with Gasteiger partial charge in [-0.25, -0.2) is 0 Å². The quantitative estimate of drug-likeness (QED) is 0.483. The van der Waals surface area contributed by atoms with Gasteiger partial charge < -0.3 is 14.6 Å². The molecule has 0 unspecified atom stereocenters. The van der Waals surface area contributed by atoms with Crippen LogP contribution in [-0.2, 0) is 0 Å². The van der Waals surface area contributed by atoms with E-state index in [9.17, 15) is 15.0 Å². The molecule has 4 rings (SSSR count). The van der Waals surface area contributed by atoms with E-state index in [1.807, 2.05) is 55.5 Å². The standard InChI is InChI=1S/C24H16O4/c1-15-2-4-16(5-3-15)6-7-17-8-10-18(11-9-17)22-14-21(27)24-20(26)12-19(25)13-23(24)28-22/h2-5,8-14,25-26H,1H3. The third-order valence-corrected chi connectivity index (χ3v) is 4.37. The summed E-state index contributed by atoms with van der Waals surface area (Å²) in [6, 6.07) is 19.1. The second kappa shape index (κ2) is 6.98. The fourth-order valence-electron chi connectivity index (χ4n) is 2.90. The Labute approximate surface area is 161 Å². The van der Waals surface area contributed by atoms with E-state index >= 15 is 0 Å². The van der Waals surface area contributed by atoms with Crippen LogP contribution in [0.1, 0.15) is 16.7 Å². The van der Waals surface area contributed by atoms with Gasteiger partial charge in [-0.2, -0.15) is 0 Å². The molecule has 0 fully saturated rings. The number of aryl methyl sites for hydroxylation is 1. The van der Waals surface area contributed by atoms with E-state index in [4.69, 9.17) is 4.42 Å². The molecule has 2 N–H and O–H groups in total. The molecule has 136 valence electrons. The highest BCUT2D eigenvalue weighted by Crippen LogP contribution is 2.30. The summed E-state index contributed by atoms with van der Waals surface area (Å²) in [7, 11) is 0. The third-order valence-electron chi connectivity index (χ3n) is 4.37. The van der Waals surface area contributed by atoms with Crippen LogP contribution in [0, 0.1) is 18.8 Å². The van der Waals surface area contributed by atoms with Gasteiger partial charge in [0.05, 0.1) is 0 Å². The maximum absolute atomic E-state index is 12.3. The highest BCUT2D eigenvalue weighted by atomic mass is 16.3. The molecule has 0 amide bonds. The molecule has 1 heterocycles. The van der Waals surface area contributed by atoms with Gasteiger partial charge in [0, 0.05) is 34.9 Å². The van der Waals surface area contributed by atoms with E-state index in [0.29, 0.717) is 11.3 Å². The van der Waals surface area contributed by atoms with Crippen molar-refractivity contribution in [2.24, 2.45) is 0 Å². The lowest BCUT2D eigenvalue weighted by Crippen LogP contribution is -2.00. The minimum atomic E-state index is -0.378. The predicted molar refractivity (Wildman–Crippen MR) is 108 cm³/mol. The van der Waals surface area contributed by atoms with Crippen molar-refractivity contribution in [2.45, 2.75) is 6.92 Å². The summed E-state index contributed by atoms with van der Waals surface area (Å²) >= 11 is 0. The van der Waals surface area contributed by atoms with E-state index in [1.165, 1.54) is 17.7 Å². The van der Waals surface area contributed by atoms with Crippen molar-refractivity contribution >= 4 is 11.0 Å². The minimum absolute atomic E-state index is 0.0436. The van der Waals surface area contributed by atoms with Crippen LogP contribution < -0.4 is 5.43 Å². The molecule has 0 bridgehead atoms. The van der Waals surface area contributed by atoms with Crippen molar-refractivity contribution in [3.05, 3.63) is 93.6 Å². The maximum atomic E-state index is 12.3. The Hall–Kier alpha value is -3.97. The Morgan fingerprint density at radius 1 is 0.821 bits per heavy atom. The molecule has 0 atom stereocenters. The molecule has 4 aromatic rings. The van der Waals surface area contributed by atoms with Crippen LogP contribution in [0.15, 0.2) is 75.9 Å². The Morgan fingerprint density at radius 2 is 1.43 bits per heavy atom. The van der Waals surface area contributed by atoms with Gasteiger partial charge in [-0.3, -0.25) is 4.79 Å². The molecule has 1 aromatic heterocycles. The number of hydrogen-bond donors (Lipinski definition) is 2. The van der Waals surface area contributed by atoms with E-state index in [0.717, 1.165) is 17.2 Å². The summed E-state index contributed by atoms with van der Waals surface area (Å²) < 4.78 is 5.71. The van der Waals surface area contributed by atoms with Crippen LogP contribution in [0.5, 0.6) is 11.5 Å². The Morgan fingerprint density at radius 3 is 2.07 bits per heavy atom. The first-order chi connectivity index (χ1) is 13.5. The topological polar surface area (TPSA) is 70.7 Å².